The number of alkyl halides is 3. The number of amides is 4. The molecule has 3 aliphatic rings. The number of β-amino-alcohol motifs (C(OH)–C–C–N with tert-alkyl or cyclic N) is 1. The summed E-state index contributed by atoms with van der Waals surface area (Å²) < 4.78 is 59.4. The third-order valence-corrected chi connectivity index (χ3v) is 14.6. The molecule has 0 radical (unpaired) electrons. The third-order valence-electron chi connectivity index (χ3n) is 13.3. The van der Waals surface area contributed by atoms with E-state index in [2.05, 4.69) is 10.3 Å². The highest BCUT2D eigenvalue weighted by atomic mass is 32.1. The number of hydrogen-bond donors (Lipinski definition) is 2. The molecule has 3 atom stereocenters. The Hall–Kier alpha value is -6.92. The molecule has 2 saturated heterocycles. The van der Waals surface area contributed by atoms with Crippen molar-refractivity contribution < 1.29 is 51.7 Å². The van der Waals surface area contributed by atoms with Crippen molar-refractivity contribution in [2.24, 2.45) is 5.92 Å². The number of thiocarbonyl (C=S) groups is 1. The highest BCUT2D eigenvalue weighted by Crippen LogP contribution is 2.40. The molecule has 2 N–H and O–H groups in total. The van der Waals surface area contributed by atoms with Crippen molar-refractivity contribution in [3.8, 4) is 28.0 Å². The monoisotopic (exact) mass is 1050 g/mol. The maximum atomic E-state index is 14.3. The van der Waals surface area contributed by atoms with E-state index in [4.69, 9.17) is 26.4 Å². The number of ether oxygens (including phenoxy) is 3. The average Bonchev–Trinajstić information content (AvgIpc) is 4.12. The van der Waals surface area contributed by atoms with Gasteiger partial charge in [-0.1, -0.05) is 44.2 Å². The van der Waals surface area contributed by atoms with E-state index in [1.54, 1.807) is 71.6 Å². The van der Waals surface area contributed by atoms with Crippen LogP contribution >= 0.6 is 23.6 Å². The number of rotatable bonds is 19. The fourth-order valence-corrected chi connectivity index (χ4v) is 10.9. The van der Waals surface area contributed by atoms with Crippen molar-refractivity contribution in [3.63, 3.8) is 0 Å². The Bertz CT molecular complexity index is 2980. The fourth-order valence-electron chi connectivity index (χ4n) is 9.56. The summed E-state index contributed by atoms with van der Waals surface area (Å²) in [7, 11) is 0. The first-order valence-electron chi connectivity index (χ1n) is 24.2. The maximum Gasteiger partial charge on any atom is 0.417 e. The van der Waals surface area contributed by atoms with Crippen molar-refractivity contribution in [2.75, 3.05) is 42.8 Å². The Balaban J connectivity index is 0.815. The molecule has 5 aromatic rings. The molecule has 388 valence electrons. The summed E-state index contributed by atoms with van der Waals surface area (Å²) in [5.41, 5.74) is 3.15. The molecule has 0 bridgehead atoms. The molecule has 2 fully saturated rings. The van der Waals surface area contributed by atoms with E-state index in [1.165, 1.54) is 22.3 Å². The molecule has 15 nitrogen and oxygen atoms in total. The van der Waals surface area contributed by atoms with Gasteiger partial charge in [-0.15, -0.1) is 11.3 Å². The van der Waals surface area contributed by atoms with E-state index in [-0.39, 0.29) is 54.6 Å². The molecule has 0 spiro atoms. The van der Waals surface area contributed by atoms with Crippen molar-refractivity contribution in [1.82, 2.24) is 20.1 Å². The van der Waals surface area contributed by atoms with Crippen molar-refractivity contribution in [3.05, 3.63) is 124 Å². The van der Waals surface area contributed by atoms with Crippen LogP contribution in [0.4, 0.5) is 24.5 Å². The third kappa shape index (κ3) is 11.1. The zero-order valence-corrected chi connectivity index (χ0v) is 43.1. The molecule has 8 rings (SSSR count). The molecule has 20 heteroatoms. The second-order valence-corrected chi connectivity index (χ2v) is 20.4. The maximum absolute atomic E-state index is 14.3. The molecular formula is C54H56F3N7O8S2. The predicted octanol–water partition coefficient (Wildman–Crippen LogP) is 8.44. The number of aliphatic hydroxyl groups excluding tert-OH is 1. The Morgan fingerprint density at radius 3 is 2.34 bits per heavy atom. The van der Waals surface area contributed by atoms with Crippen LogP contribution in [0.25, 0.3) is 10.4 Å². The number of aromatic nitrogens is 1. The number of fused-ring (bicyclic) bond motifs is 1. The summed E-state index contributed by atoms with van der Waals surface area (Å²) in [6.07, 6.45) is -4.52. The van der Waals surface area contributed by atoms with Crippen LogP contribution in [-0.4, -0.2) is 105 Å². The number of benzene rings is 4. The minimum atomic E-state index is -4.81. The van der Waals surface area contributed by atoms with E-state index >= 15 is 0 Å². The Morgan fingerprint density at radius 1 is 0.973 bits per heavy atom. The van der Waals surface area contributed by atoms with E-state index in [1.807, 2.05) is 51.1 Å². The standard InChI is InChI=1S/C54H56F3N7O8S2/c1-32(2)46(62-29-37-10-6-7-11-42(37)49(62)67)50(68)61-30-40(65)26-44(61)48(66)59-28-36-13-12-34(47-33(3)60-31-74-47)24-45(36)72-23-9-21-70-20-8-22-71-41-18-16-38(17-19-41)64-52(73)63(51(69)53(64,4)5)39-15-14-35(27-58)43(25-39)54(55,56)57/h6-7,10-19,24-25,31-32,40,44,46,65H,8-9,20-23,26,28-30H2,1-5H3,(H,59,66)/t40-,44+,46+/m1/s1. The number of thiazole rings is 1. The first kappa shape index (κ1) is 53.4. The van der Waals surface area contributed by atoms with E-state index in [0.717, 1.165) is 38.7 Å². The number of hydrogen-bond acceptors (Lipinski definition) is 12. The largest absolute Gasteiger partial charge is 0.494 e. The lowest BCUT2D eigenvalue weighted by atomic mass is 10.0. The smallest absolute Gasteiger partial charge is 0.417 e. The summed E-state index contributed by atoms with van der Waals surface area (Å²) >= 11 is 7.16. The number of anilines is 2. The van der Waals surface area contributed by atoms with E-state index in [0.29, 0.717) is 67.6 Å². The highest BCUT2D eigenvalue weighted by molar-refractivity contribution is 7.81. The number of likely N-dealkylation sites (tertiary alicyclic amines) is 1. The lowest BCUT2D eigenvalue weighted by molar-refractivity contribution is -0.143. The summed E-state index contributed by atoms with van der Waals surface area (Å²) in [6.45, 7) is 10.7. The number of carbonyl (C=O) groups is 4. The van der Waals surface area contributed by atoms with Crippen LogP contribution < -0.4 is 24.6 Å². The van der Waals surface area contributed by atoms with Crippen LogP contribution in [-0.2, 0) is 38.4 Å². The van der Waals surface area contributed by atoms with Gasteiger partial charge in [0.1, 0.15) is 29.1 Å². The lowest BCUT2D eigenvalue weighted by Crippen LogP contribution is -2.55. The fraction of sp³-hybridized carbons (Fsp3) is 0.389. The molecule has 4 heterocycles. The summed E-state index contributed by atoms with van der Waals surface area (Å²) in [5, 5.41) is 23.0. The van der Waals surface area contributed by atoms with Crippen molar-refractivity contribution >= 4 is 63.7 Å². The average molecular weight is 1050 g/mol. The SMILES string of the molecule is Cc1ncsc1-c1ccc(CNC(=O)[C@@H]2C[C@@H](O)CN2C(=O)[C@H](C(C)C)N2Cc3ccccc3C2=O)c(OCCCOCCCOc2ccc(N3C(=S)N(c4ccc(C#N)c(C(F)(F)F)c4)C(=O)C3(C)C)cc2)c1. The number of halogens is 3. The molecule has 1 aromatic heterocycles. The zero-order valence-electron chi connectivity index (χ0n) is 41.5. The first-order valence-corrected chi connectivity index (χ1v) is 25.5. The van der Waals surface area contributed by atoms with Crippen LogP contribution in [0.3, 0.4) is 0 Å². The van der Waals surface area contributed by atoms with Gasteiger partial charge in [-0.2, -0.15) is 18.4 Å². The number of carbonyl (C=O) groups excluding carboxylic acids is 4. The Morgan fingerprint density at radius 2 is 1.68 bits per heavy atom. The first-order chi connectivity index (χ1) is 35.3. The molecule has 0 aliphatic carbocycles. The predicted molar refractivity (Wildman–Crippen MR) is 275 cm³/mol. The molecule has 0 unspecified atom stereocenters. The van der Waals surface area contributed by atoms with Gasteiger partial charge in [0, 0.05) is 68.9 Å². The zero-order chi connectivity index (χ0) is 53.1. The van der Waals surface area contributed by atoms with Gasteiger partial charge in [0.25, 0.3) is 11.8 Å². The summed E-state index contributed by atoms with van der Waals surface area (Å²) in [6, 6.07) is 22.7. The summed E-state index contributed by atoms with van der Waals surface area (Å²) in [5.74, 6) is -0.702. The van der Waals surface area contributed by atoms with Gasteiger partial charge >= 0.3 is 6.18 Å². The van der Waals surface area contributed by atoms with Crippen LogP contribution in [0.15, 0.2) is 90.4 Å². The van der Waals surface area contributed by atoms with Crippen LogP contribution in [0.1, 0.15) is 85.3 Å². The molecule has 4 aromatic carbocycles. The van der Waals surface area contributed by atoms with Gasteiger partial charge in [-0.05, 0) is 105 Å². The molecular weight excluding hydrogens is 996 g/mol. The number of aryl methyl sites for hydroxylation is 1. The number of nitriles is 1. The molecule has 4 amide bonds. The molecule has 0 saturated carbocycles. The second kappa shape index (κ2) is 22.3. The Labute approximate surface area is 436 Å². The Kier molecular flexibility index (Phi) is 16.1. The minimum absolute atomic E-state index is 0.0108. The van der Waals surface area contributed by atoms with Crippen molar-refractivity contribution in [2.45, 2.75) is 96.9 Å². The molecule has 3 aliphatic heterocycles. The van der Waals surface area contributed by atoms with E-state index < -0.39 is 52.8 Å². The van der Waals surface area contributed by atoms with Crippen molar-refractivity contribution in [1.29, 1.82) is 5.26 Å². The summed E-state index contributed by atoms with van der Waals surface area (Å²) in [4.78, 5) is 66.2. The number of aliphatic hydroxyl groups is 1. The van der Waals surface area contributed by atoms with Gasteiger partial charge in [-0.3, -0.25) is 24.1 Å². The minimum Gasteiger partial charge on any atom is -0.494 e. The quantitative estimate of drug-likeness (QED) is 0.0597. The van der Waals surface area contributed by atoms with Crippen LogP contribution in [0.5, 0.6) is 11.5 Å². The molecule has 74 heavy (non-hydrogen) atoms. The number of nitrogens with one attached hydrogen (secondary N) is 1. The van der Waals surface area contributed by atoms with Crippen LogP contribution in [0.2, 0.25) is 0 Å². The van der Waals surface area contributed by atoms with Gasteiger partial charge in [0.2, 0.25) is 11.8 Å². The van der Waals surface area contributed by atoms with Crippen LogP contribution in [0, 0.1) is 24.2 Å². The van der Waals surface area contributed by atoms with Gasteiger partial charge in [0.05, 0.1) is 58.3 Å². The highest BCUT2D eigenvalue weighted by Gasteiger charge is 2.51. The topological polar surface area (TPSA) is 178 Å². The van der Waals surface area contributed by atoms with E-state index in [9.17, 15) is 42.7 Å². The lowest BCUT2D eigenvalue weighted by Gasteiger charge is -2.35. The number of nitrogens with zero attached hydrogens (tertiary/aromatic N) is 6. The normalized spacial score (nSPS) is 17.8. The van der Waals surface area contributed by atoms with Gasteiger partial charge in [-0.25, -0.2) is 4.98 Å². The second-order valence-electron chi connectivity index (χ2n) is 19.1. The van der Waals surface area contributed by atoms with Gasteiger partial charge in [0.15, 0.2) is 5.11 Å². The van der Waals surface area contributed by atoms with Gasteiger partial charge < -0.3 is 39.3 Å².